The first-order valence-electron chi connectivity index (χ1n) is 8.11. The number of pyridine rings is 1. The molecular weight excluding hydrogens is 278 g/mol. The van der Waals surface area contributed by atoms with Crippen molar-refractivity contribution in [3.63, 3.8) is 0 Å². The van der Waals surface area contributed by atoms with Crippen LogP contribution in [0.15, 0.2) is 24.4 Å². The lowest BCUT2D eigenvalue weighted by molar-refractivity contribution is -0.140. The van der Waals surface area contributed by atoms with Crippen molar-refractivity contribution in [1.29, 1.82) is 0 Å². The van der Waals surface area contributed by atoms with E-state index in [1.165, 1.54) is 0 Å². The molecule has 1 spiro atoms. The summed E-state index contributed by atoms with van der Waals surface area (Å²) in [5, 5.41) is 0. The predicted molar refractivity (Wildman–Crippen MR) is 83.3 cm³/mol. The Hall–Kier alpha value is -1.91. The van der Waals surface area contributed by atoms with Crippen molar-refractivity contribution in [3.05, 3.63) is 30.1 Å². The second kappa shape index (κ2) is 6.07. The van der Waals surface area contributed by atoms with Crippen LogP contribution < -0.4 is 0 Å². The molecule has 2 aliphatic rings. The van der Waals surface area contributed by atoms with Crippen LogP contribution in [0.2, 0.25) is 0 Å². The number of piperidine rings is 2. The number of hydrogen-bond donors (Lipinski definition) is 0. The van der Waals surface area contributed by atoms with Gasteiger partial charge in [0.1, 0.15) is 5.69 Å². The van der Waals surface area contributed by atoms with Crippen LogP contribution in [0.3, 0.4) is 0 Å². The highest BCUT2D eigenvalue weighted by Crippen LogP contribution is 2.36. The Bertz CT molecular complexity index is 556. The molecule has 1 aromatic rings. The zero-order chi connectivity index (χ0) is 15.6. The highest BCUT2D eigenvalue weighted by atomic mass is 16.2. The van der Waals surface area contributed by atoms with Crippen LogP contribution in [0.4, 0.5) is 0 Å². The lowest BCUT2D eigenvalue weighted by Crippen LogP contribution is -2.62. The SMILES string of the molecule is CC(=O)N1CCCC[C@]12CCCN(C(=O)c1ccccn1)C2. The first-order valence-corrected chi connectivity index (χ1v) is 8.11. The molecule has 22 heavy (non-hydrogen) atoms. The molecule has 0 aromatic carbocycles. The fourth-order valence-corrected chi connectivity index (χ4v) is 3.95. The molecule has 1 atom stereocenters. The summed E-state index contributed by atoms with van der Waals surface area (Å²) in [5.74, 6) is 0.112. The van der Waals surface area contributed by atoms with E-state index in [9.17, 15) is 9.59 Å². The van der Waals surface area contributed by atoms with Crippen molar-refractivity contribution >= 4 is 11.8 Å². The van der Waals surface area contributed by atoms with Gasteiger partial charge in [-0.2, -0.15) is 0 Å². The van der Waals surface area contributed by atoms with Gasteiger partial charge in [0.05, 0.1) is 5.54 Å². The molecule has 0 radical (unpaired) electrons. The maximum Gasteiger partial charge on any atom is 0.272 e. The smallest absolute Gasteiger partial charge is 0.272 e. The second-order valence-electron chi connectivity index (χ2n) is 6.40. The van der Waals surface area contributed by atoms with Gasteiger partial charge in [-0.05, 0) is 44.2 Å². The molecule has 2 amide bonds. The zero-order valence-corrected chi connectivity index (χ0v) is 13.1. The molecule has 118 valence electrons. The normalized spacial score (nSPS) is 25.3. The van der Waals surface area contributed by atoms with Crippen LogP contribution >= 0.6 is 0 Å². The molecule has 0 unspecified atom stereocenters. The maximum absolute atomic E-state index is 12.7. The zero-order valence-electron chi connectivity index (χ0n) is 13.1. The Balaban J connectivity index is 1.81. The molecule has 5 heteroatoms. The van der Waals surface area contributed by atoms with E-state index in [1.807, 2.05) is 21.9 Å². The summed E-state index contributed by atoms with van der Waals surface area (Å²) >= 11 is 0. The number of rotatable bonds is 1. The Kier molecular flexibility index (Phi) is 4.14. The number of aromatic nitrogens is 1. The third kappa shape index (κ3) is 2.72. The number of amides is 2. The fraction of sp³-hybridized carbons (Fsp3) is 0.588. The van der Waals surface area contributed by atoms with Crippen LogP contribution in [0, 0.1) is 0 Å². The number of carbonyl (C=O) groups excluding carboxylic acids is 2. The van der Waals surface area contributed by atoms with Crippen LogP contribution in [-0.2, 0) is 4.79 Å². The van der Waals surface area contributed by atoms with E-state index in [1.54, 1.807) is 19.2 Å². The van der Waals surface area contributed by atoms with Crippen LogP contribution in [0.25, 0.3) is 0 Å². The Morgan fingerprint density at radius 1 is 1.14 bits per heavy atom. The molecule has 5 nitrogen and oxygen atoms in total. The van der Waals surface area contributed by atoms with E-state index in [-0.39, 0.29) is 17.4 Å². The van der Waals surface area contributed by atoms with Gasteiger partial charge in [0.15, 0.2) is 0 Å². The summed E-state index contributed by atoms with van der Waals surface area (Å²) in [4.78, 5) is 32.8. The number of likely N-dealkylation sites (tertiary alicyclic amines) is 2. The Morgan fingerprint density at radius 2 is 1.95 bits per heavy atom. The van der Waals surface area contributed by atoms with Gasteiger partial charge in [-0.15, -0.1) is 0 Å². The maximum atomic E-state index is 12.7. The van der Waals surface area contributed by atoms with E-state index >= 15 is 0 Å². The van der Waals surface area contributed by atoms with Crippen molar-refractivity contribution < 1.29 is 9.59 Å². The summed E-state index contributed by atoms with van der Waals surface area (Å²) in [6.07, 6.45) is 6.79. The summed E-state index contributed by atoms with van der Waals surface area (Å²) in [6.45, 7) is 3.86. The third-order valence-corrected chi connectivity index (χ3v) is 4.95. The van der Waals surface area contributed by atoms with Gasteiger partial charge >= 0.3 is 0 Å². The van der Waals surface area contributed by atoms with E-state index in [2.05, 4.69) is 4.98 Å². The van der Waals surface area contributed by atoms with E-state index < -0.39 is 0 Å². The molecule has 1 aromatic heterocycles. The first-order chi connectivity index (χ1) is 10.6. The summed E-state index contributed by atoms with van der Waals surface area (Å²) in [5.41, 5.74) is 0.331. The molecule has 3 rings (SSSR count). The fourth-order valence-electron chi connectivity index (χ4n) is 3.95. The molecule has 0 bridgehead atoms. The molecule has 2 aliphatic heterocycles. The minimum atomic E-state index is -0.160. The Morgan fingerprint density at radius 3 is 2.68 bits per heavy atom. The molecule has 2 fully saturated rings. The summed E-state index contributed by atoms with van der Waals surface area (Å²) in [7, 11) is 0. The van der Waals surface area contributed by atoms with Crippen molar-refractivity contribution in [1.82, 2.24) is 14.8 Å². The van der Waals surface area contributed by atoms with Crippen LogP contribution in [0.5, 0.6) is 0 Å². The van der Waals surface area contributed by atoms with Gasteiger partial charge in [0.2, 0.25) is 5.91 Å². The van der Waals surface area contributed by atoms with Crippen LogP contribution in [-0.4, -0.2) is 51.8 Å². The van der Waals surface area contributed by atoms with E-state index in [0.29, 0.717) is 12.2 Å². The summed E-state index contributed by atoms with van der Waals surface area (Å²) < 4.78 is 0. The van der Waals surface area contributed by atoms with Crippen molar-refractivity contribution in [3.8, 4) is 0 Å². The Labute approximate surface area is 131 Å². The topological polar surface area (TPSA) is 53.5 Å². The largest absolute Gasteiger partial charge is 0.335 e. The van der Waals surface area contributed by atoms with Gasteiger partial charge < -0.3 is 9.80 Å². The number of nitrogens with zero attached hydrogens (tertiary/aromatic N) is 3. The first kappa shape index (κ1) is 15.0. The average Bonchev–Trinajstić information content (AvgIpc) is 2.55. The van der Waals surface area contributed by atoms with Crippen molar-refractivity contribution in [2.75, 3.05) is 19.6 Å². The number of hydrogen-bond acceptors (Lipinski definition) is 3. The van der Waals surface area contributed by atoms with Crippen molar-refractivity contribution in [2.24, 2.45) is 0 Å². The molecule has 0 N–H and O–H groups in total. The molecule has 0 aliphatic carbocycles. The molecular formula is C17H23N3O2. The molecule has 3 heterocycles. The number of carbonyl (C=O) groups is 2. The van der Waals surface area contributed by atoms with Crippen LogP contribution in [0.1, 0.15) is 49.5 Å². The van der Waals surface area contributed by atoms with Gasteiger partial charge in [0.25, 0.3) is 5.91 Å². The molecule has 2 saturated heterocycles. The lowest BCUT2D eigenvalue weighted by Gasteiger charge is -2.52. The van der Waals surface area contributed by atoms with Crippen molar-refractivity contribution in [2.45, 2.75) is 44.6 Å². The summed E-state index contributed by atoms with van der Waals surface area (Å²) in [6, 6.07) is 5.41. The van der Waals surface area contributed by atoms with Gasteiger partial charge in [-0.25, -0.2) is 0 Å². The van der Waals surface area contributed by atoms with Gasteiger partial charge in [-0.3, -0.25) is 14.6 Å². The quantitative estimate of drug-likeness (QED) is 0.798. The molecule has 0 saturated carbocycles. The van der Waals surface area contributed by atoms with Gasteiger partial charge in [-0.1, -0.05) is 6.07 Å². The highest BCUT2D eigenvalue weighted by Gasteiger charge is 2.44. The standard InChI is InChI=1S/C17H23N3O2/c1-14(21)20-12-5-3-8-17(20)9-6-11-19(13-17)16(22)15-7-2-4-10-18-15/h2,4,7,10H,3,5-6,8-9,11-13H2,1H3/t17-/m1/s1. The van der Waals surface area contributed by atoms with Gasteiger partial charge in [0, 0.05) is 32.8 Å². The minimum absolute atomic E-state index is 0.0197. The van der Waals surface area contributed by atoms with E-state index in [0.717, 1.165) is 45.2 Å². The average molecular weight is 301 g/mol. The predicted octanol–water partition coefficient (Wildman–Crippen LogP) is 2.09. The minimum Gasteiger partial charge on any atom is -0.335 e. The second-order valence-corrected chi connectivity index (χ2v) is 6.40. The van der Waals surface area contributed by atoms with E-state index in [4.69, 9.17) is 0 Å². The lowest BCUT2D eigenvalue weighted by atomic mass is 9.79. The monoisotopic (exact) mass is 301 g/mol. The highest BCUT2D eigenvalue weighted by molar-refractivity contribution is 5.92. The third-order valence-electron chi connectivity index (χ3n) is 4.95.